The molecule has 6 nitrogen and oxygen atoms in total. The van der Waals surface area contributed by atoms with E-state index in [-0.39, 0.29) is 5.41 Å². The van der Waals surface area contributed by atoms with Crippen LogP contribution < -0.4 is 16.8 Å². The molecule has 5 N–H and O–H groups in total. The number of nitrogens with two attached hydrogens (primary N) is 2. The molecule has 2 aliphatic rings. The predicted octanol–water partition coefficient (Wildman–Crippen LogP) is -0.306. The molecule has 0 saturated carbocycles. The van der Waals surface area contributed by atoms with Crippen molar-refractivity contribution in [3.05, 3.63) is 11.9 Å². The van der Waals surface area contributed by atoms with Gasteiger partial charge in [-0.1, -0.05) is 20.8 Å². The van der Waals surface area contributed by atoms with Gasteiger partial charge in [0.2, 0.25) is 0 Å². The lowest BCUT2D eigenvalue weighted by molar-refractivity contribution is 0.173. The molecule has 0 radical (unpaired) electrons. The molecule has 19 heavy (non-hydrogen) atoms. The van der Waals surface area contributed by atoms with Crippen LogP contribution in [0.4, 0.5) is 0 Å². The van der Waals surface area contributed by atoms with Gasteiger partial charge in [0, 0.05) is 31.6 Å². The van der Waals surface area contributed by atoms with Gasteiger partial charge in [-0.3, -0.25) is 0 Å². The molecule has 0 amide bonds. The van der Waals surface area contributed by atoms with Crippen LogP contribution in [0.2, 0.25) is 0 Å². The predicted molar refractivity (Wildman–Crippen MR) is 78.3 cm³/mol. The number of guanidine groups is 1. The zero-order valence-electron chi connectivity index (χ0n) is 12.4. The Bertz CT molecular complexity index is 400. The molecule has 0 bridgehead atoms. The second-order valence-corrected chi connectivity index (χ2v) is 6.52. The van der Waals surface area contributed by atoms with E-state index in [1.54, 1.807) is 0 Å². The molecule has 1 fully saturated rings. The molecule has 0 aromatic rings. The van der Waals surface area contributed by atoms with Gasteiger partial charge >= 0.3 is 0 Å². The number of hydrogen-bond acceptors (Lipinski definition) is 6. The standard InChI is InChI=1S/C13H26N6/c1-12(2,3)13(15)9-10(16-11(14)17-13)19-7-5-18(4)6-8-19/h9H,5-8,15H2,1-4H3,(H3,14,16,17). The molecule has 0 spiro atoms. The van der Waals surface area contributed by atoms with Gasteiger partial charge in [0.05, 0.1) is 0 Å². The summed E-state index contributed by atoms with van der Waals surface area (Å²) in [4.78, 5) is 9.00. The third-order valence-electron chi connectivity index (χ3n) is 3.96. The highest BCUT2D eigenvalue weighted by Gasteiger charge is 2.40. The molecule has 2 heterocycles. The Morgan fingerprint density at radius 3 is 2.37 bits per heavy atom. The number of likely N-dealkylation sites (N-methyl/N-ethyl adjacent to an activating group) is 1. The summed E-state index contributed by atoms with van der Waals surface area (Å²) in [6.07, 6.45) is 2.01. The second kappa shape index (κ2) is 4.68. The Kier molecular flexibility index (Phi) is 3.49. The van der Waals surface area contributed by atoms with Crippen molar-refractivity contribution in [1.29, 1.82) is 0 Å². The minimum Gasteiger partial charge on any atom is -0.370 e. The van der Waals surface area contributed by atoms with E-state index in [0.717, 1.165) is 32.0 Å². The highest BCUT2D eigenvalue weighted by molar-refractivity contribution is 5.81. The maximum absolute atomic E-state index is 6.43. The van der Waals surface area contributed by atoms with E-state index in [4.69, 9.17) is 11.5 Å². The van der Waals surface area contributed by atoms with Gasteiger partial charge in [-0.2, -0.15) is 0 Å². The summed E-state index contributed by atoms with van der Waals surface area (Å²) in [5, 5.41) is 3.14. The number of nitrogens with one attached hydrogen (secondary N) is 1. The maximum atomic E-state index is 6.43. The smallest absolute Gasteiger partial charge is 0.196 e. The third-order valence-corrected chi connectivity index (χ3v) is 3.96. The Labute approximate surface area is 115 Å². The quantitative estimate of drug-likeness (QED) is 0.607. The van der Waals surface area contributed by atoms with E-state index in [0.29, 0.717) is 5.96 Å². The largest absolute Gasteiger partial charge is 0.370 e. The van der Waals surface area contributed by atoms with Crippen molar-refractivity contribution in [1.82, 2.24) is 15.1 Å². The summed E-state index contributed by atoms with van der Waals surface area (Å²) in [5.41, 5.74) is 11.4. The summed E-state index contributed by atoms with van der Waals surface area (Å²) in [5.74, 6) is 1.38. The van der Waals surface area contributed by atoms with Crippen LogP contribution in [-0.2, 0) is 0 Å². The first-order valence-corrected chi connectivity index (χ1v) is 6.79. The molecule has 1 saturated heterocycles. The molecular formula is C13H26N6. The van der Waals surface area contributed by atoms with Gasteiger partial charge in [0.15, 0.2) is 5.96 Å². The van der Waals surface area contributed by atoms with Gasteiger partial charge in [0.1, 0.15) is 11.5 Å². The molecule has 0 aromatic carbocycles. The number of rotatable bonds is 1. The van der Waals surface area contributed by atoms with Crippen LogP contribution in [0.1, 0.15) is 20.8 Å². The fourth-order valence-electron chi connectivity index (χ4n) is 2.24. The van der Waals surface area contributed by atoms with Crippen LogP contribution in [-0.4, -0.2) is 54.6 Å². The SMILES string of the molecule is CN1CCN(C2=CC(N)(C(C)(C)C)N=C(N)N2)CC1. The van der Waals surface area contributed by atoms with Crippen LogP contribution in [0.15, 0.2) is 16.9 Å². The van der Waals surface area contributed by atoms with Crippen molar-refractivity contribution in [2.75, 3.05) is 33.2 Å². The van der Waals surface area contributed by atoms with E-state index in [1.807, 2.05) is 6.08 Å². The normalized spacial score (nSPS) is 29.6. The van der Waals surface area contributed by atoms with Gasteiger partial charge in [-0.25, -0.2) is 4.99 Å². The zero-order valence-corrected chi connectivity index (χ0v) is 12.4. The van der Waals surface area contributed by atoms with E-state index in [9.17, 15) is 0 Å². The minimum absolute atomic E-state index is 0.183. The van der Waals surface area contributed by atoms with Crippen molar-refractivity contribution < 1.29 is 0 Å². The lowest BCUT2D eigenvalue weighted by Crippen LogP contribution is -2.57. The molecule has 1 atom stereocenters. The molecule has 108 valence electrons. The Hall–Kier alpha value is -1.27. The summed E-state index contributed by atoms with van der Waals surface area (Å²) >= 11 is 0. The van der Waals surface area contributed by atoms with Crippen molar-refractivity contribution in [3.8, 4) is 0 Å². The number of nitrogens with zero attached hydrogens (tertiary/aromatic N) is 3. The summed E-state index contributed by atoms with van der Waals surface area (Å²) in [6, 6.07) is 0. The van der Waals surface area contributed by atoms with Crippen LogP contribution in [0, 0.1) is 5.41 Å². The van der Waals surface area contributed by atoms with Crippen molar-refractivity contribution >= 4 is 5.96 Å². The van der Waals surface area contributed by atoms with Gasteiger partial charge < -0.3 is 26.6 Å². The van der Waals surface area contributed by atoms with Gasteiger partial charge in [-0.15, -0.1) is 0 Å². The second-order valence-electron chi connectivity index (χ2n) is 6.52. The lowest BCUT2D eigenvalue weighted by atomic mass is 9.80. The molecular weight excluding hydrogens is 240 g/mol. The molecule has 0 aliphatic carbocycles. The van der Waals surface area contributed by atoms with E-state index < -0.39 is 5.66 Å². The van der Waals surface area contributed by atoms with Gasteiger partial charge in [-0.05, 0) is 13.1 Å². The Morgan fingerprint density at radius 2 is 1.84 bits per heavy atom. The van der Waals surface area contributed by atoms with Crippen molar-refractivity contribution in [3.63, 3.8) is 0 Å². The monoisotopic (exact) mass is 266 g/mol. The van der Waals surface area contributed by atoms with E-state index in [1.165, 1.54) is 0 Å². The highest BCUT2D eigenvalue weighted by atomic mass is 15.3. The molecule has 1 unspecified atom stereocenters. The fraction of sp³-hybridized carbons (Fsp3) is 0.769. The van der Waals surface area contributed by atoms with Crippen LogP contribution in [0.3, 0.4) is 0 Å². The van der Waals surface area contributed by atoms with Crippen LogP contribution >= 0.6 is 0 Å². The first kappa shape index (κ1) is 14.1. The molecule has 6 heteroatoms. The molecule has 2 rings (SSSR count). The lowest BCUT2D eigenvalue weighted by Gasteiger charge is -2.42. The number of hydrogen-bond donors (Lipinski definition) is 3. The van der Waals surface area contributed by atoms with E-state index >= 15 is 0 Å². The minimum atomic E-state index is -0.763. The average molecular weight is 266 g/mol. The fourth-order valence-corrected chi connectivity index (χ4v) is 2.24. The Morgan fingerprint density at radius 1 is 1.26 bits per heavy atom. The molecule has 2 aliphatic heterocycles. The van der Waals surface area contributed by atoms with Crippen LogP contribution in [0.5, 0.6) is 0 Å². The summed E-state index contributed by atoms with van der Waals surface area (Å²) in [7, 11) is 2.14. The number of aliphatic imine (C=N–C) groups is 1. The Balaban J connectivity index is 2.22. The van der Waals surface area contributed by atoms with Crippen molar-refractivity contribution in [2.24, 2.45) is 21.9 Å². The first-order chi connectivity index (χ1) is 8.71. The van der Waals surface area contributed by atoms with Crippen molar-refractivity contribution in [2.45, 2.75) is 26.4 Å². The topological polar surface area (TPSA) is 82.9 Å². The van der Waals surface area contributed by atoms with Gasteiger partial charge in [0.25, 0.3) is 0 Å². The van der Waals surface area contributed by atoms with E-state index in [2.05, 4.69) is 47.9 Å². The highest BCUT2D eigenvalue weighted by Crippen LogP contribution is 2.33. The summed E-state index contributed by atoms with van der Waals surface area (Å²) < 4.78 is 0. The zero-order chi connectivity index (χ0) is 14.3. The molecule has 0 aromatic heterocycles. The first-order valence-electron chi connectivity index (χ1n) is 6.79. The third kappa shape index (κ3) is 2.84. The summed E-state index contributed by atoms with van der Waals surface area (Å²) in [6.45, 7) is 10.3. The average Bonchev–Trinajstić information content (AvgIpc) is 2.27. The van der Waals surface area contributed by atoms with Crippen LogP contribution in [0.25, 0.3) is 0 Å². The maximum Gasteiger partial charge on any atom is 0.196 e. The number of piperazine rings is 1.